The van der Waals surface area contributed by atoms with Crippen molar-refractivity contribution in [1.82, 2.24) is 4.98 Å². The lowest BCUT2D eigenvalue weighted by Gasteiger charge is -2.06. The highest BCUT2D eigenvalue weighted by Gasteiger charge is 2.15. The molecule has 1 aromatic heterocycles. The molecule has 0 saturated carbocycles. The molecular formula is C21H18N2O2S. The zero-order chi connectivity index (χ0) is 18.5. The number of hydrogen-bond donors (Lipinski definition) is 0. The summed E-state index contributed by atoms with van der Waals surface area (Å²) in [4.78, 5) is 17.8. The van der Waals surface area contributed by atoms with Crippen LogP contribution in [0.25, 0.3) is 11.3 Å². The van der Waals surface area contributed by atoms with Crippen molar-refractivity contribution in [2.75, 3.05) is 0 Å². The van der Waals surface area contributed by atoms with E-state index in [9.17, 15) is 4.79 Å². The molecular weight excluding hydrogens is 344 g/mol. The van der Waals surface area contributed by atoms with Crippen molar-refractivity contribution in [3.63, 3.8) is 0 Å². The van der Waals surface area contributed by atoms with Crippen LogP contribution in [-0.4, -0.2) is 11.0 Å². The van der Waals surface area contributed by atoms with Crippen LogP contribution in [0, 0.1) is 25.2 Å². The highest BCUT2D eigenvalue weighted by Crippen LogP contribution is 2.29. The second-order valence-electron chi connectivity index (χ2n) is 6.02. The van der Waals surface area contributed by atoms with Crippen molar-refractivity contribution in [3.8, 4) is 17.3 Å². The van der Waals surface area contributed by atoms with Gasteiger partial charge in [-0.15, -0.1) is 11.3 Å². The summed E-state index contributed by atoms with van der Waals surface area (Å²) in [6.07, 6.45) is 0.199. The van der Waals surface area contributed by atoms with Gasteiger partial charge in [0.05, 0.1) is 28.8 Å². The molecule has 3 rings (SSSR count). The van der Waals surface area contributed by atoms with Crippen LogP contribution in [0.5, 0.6) is 0 Å². The van der Waals surface area contributed by atoms with Gasteiger partial charge in [-0.3, -0.25) is 4.79 Å². The Bertz CT molecular complexity index is 951. The third-order valence-electron chi connectivity index (χ3n) is 3.92. The van der Waals surface area contributed by atoms with Crippen LogP contribution in [0.15, 0.2) is 48.5 Å². The molecule has 0 atom stereocenters. The maximum atomic E-state index is 12.3. The van der Waals surface area contributed by atoms with E-state index in [-0.39, 0.29) is 19.0 Å². The molecule has 0 aliphatic carbocycles. The van der Waals surface area contributed by atoms with E-state index in [1.807, 2.05) is 38.1 Å². The summed E-state index contributed by atoms with van der Waals surface area (Å²) in [7, 11) is 0. The van der Waals surface area contributed by atoms with Gasteiger partial charge in [0.1, 0.15) is 6.61 Å². The SMILES string of the molecule is Cc1ccc(-c2nc(C)sc2CC(=O)OCc2ccc(C#N)cc2)cc1. The second kappa shape index (κ2) is 7.94. The van der Waals surface area contributed by atoms with Crippen molar-refractivity contribution in [3.05, 3.63) is 75.1 Å². The summed E-state index contributed by atoms with van der Waals surface area (Å²) in [5.41, 5.74) is 4.49. The standard InChI is InChI=1S/C21H18N2O2S/c1-14-3-9-18(10-4-14)21-19(26-15(2)23-21)11-20(24)25-13-17-7-5-16(12-22)6-8-17/h3-10H,11,13H2,1-2H3. The monoisotopic (exact) mass is 362 g/mol. The third-order valence-corrected chi connectivity index (χ3v) is 4.89. The minimum atomic E-state index is -0.286. The predicted octanol–water partition coefficient (Wildman–Crippen LogP) is 4.58. The molecule has 0 radical (unpaired) electrons. The van der Waals surface area contributed by atoms with Crippen LogP contribution >= 0.6 is 11.3 Å². The molecule has 0 amide bonds. The summed E-state index contributed by atoms with van der Waals surface area (Å²) in [6.45, 7) is 4.17. The number of carbonyl (C=O) groups excluding carboxylic acids is 1. The highest BCUT2D eigenvalue weighted by molar-refractivity contribution is 7.12. The van der Waals surface area contributed by atoms with E-state index in [0.717, 1.165) is 26.7 Å². The molecule has 0 saturated heterocycles. The molecule has 0 fully saturated rings. The number of nitriles is 1. The first kappa shape index (κ1) is 17.8. The molecule has 130 valence electrons. The summed E-state index contributed by atoms with van der Waals surface area (Å²) in [6, 6.07) is 17.2. The largest absolute Gasteiger partial charge is 0.461 e. The average Bonchev–Trinajstić information content (AvgIpc) is 3.01. The van der Waals surface area contributed by atoms with E-state index in [4.69, 9.17) is 10.00 Å². The van der Waals surface area contributed by atoms with Gasteiger partial charge in [-0.05, 0) is 31.5 Å². The van der Waals surface area contributed by atoms with Crippen molar-refractivity contribution in [2.24, 2.45) is 0 Å². The molecule has 4 nitrogen and oxygen atoms in total. The quantitative estimate of drug-likeness (QED) is 0.623. The minimum Gasteiger partial charge on any atom is -0.461 e. The number of benzene rings is 2. The van der Waals surface area contributed by atoms with Gasteiger partial charge in [-0.25, -0.2) is 4.98 Å². The molecule has 1 heterocycles. The van der Waals surface area contributed by atoms with Gasteiger partial charge in [-0.2, -0.15) is 5.26 Å². The van der Waals surface area contributed by atoms with E-state index >= 15 is 0 Å². The molecule has 0 unspecified atom stereocenters. The lowest BCUT2D eigenvalue weighted by Crippen LogP contribution is -2.07. The number of thiazole rings is 1. The number of aryl methyl sites for hydroxylation is 2. The number of ether oxygens (including phenoxy) is 1. The number of nitrogens with zero attached hydrogens (tertiary/aromatic N) is 2. The minimum absolute atomic E-state index is 0.197. The summed E-state index contributed by atoms with van der Waals surface area (Å²) in [5.74, 6) is -0.286. The Morgan fingerprint density at radius 3 is 2.46 bits per heavy atom. The van der Waals surface area contributed by atoms with Crippen LogP contribution in [0.3, 0.4) is 0 Å². The first-order chi connectivity index (χ1) is 12.5. The van der Waals surface area contributed by atoms with E-state index in [2.05, 4.69) is 11.1 Å². The van der Waals surface area contributed by atoms with Crippen LogP contribution in [0.1, 0.15) is 26.6 Å². The Hall–Kier alpha value is -2.97. The summed E-state index contributed by atoms with van der Waals surface area (Å²) >= 11 is 1.52. The van der Waals surface area contributed by atoms with E-state index in [1.165, 1.54) is 16.9 Å². The van der Waals surface area contributed by atoms with Gasteiger partial charge in [0, 0.05) is 10.4 Å². The molecule has 5 heteroatoms. The molecule has 0 N–H and O–H groups in total. The zero-order valence-corrected chi connectivity index (χ0v) is 15.5. The Balaban J connectivity index is 1.67. The van der Waals surface area contributed by atoms with E-state index in [1.54, 1.807) is 24.3 Å². The lowest BCUT2D eigenvalue weighted by molar-refractivity contribution is -0.144. The Labute approximate surface area is 156 Å². The molecule has 0 spiro atoms. The molecule has 0 bridgehead atoms. The topological polar surface area (TPSA) is 63.0 Å². The van der Waals surface area contributed by atoms with Gasteiger partial charge in [0.2, 0.25) is 0 Å². The average molecular weight is 362 g/mol. The van der Waals surface area contributed by atoms with E-state index in [0.29, 0.717) is 5.56 Å². The van der Waals surface area contributed by atoms with Crippen LogP contribution in [0.2, 0.25) is 0 Å². The zero-order valence-electron chi connectivity index (χ0n) is 14.7. The number of carbonyl (C=O) groups is 1. The first-order valence-corrected chi connectivity index (χ1v) is 9.05. The van der Waals surface area contributed by atoms with Gasteiger partial charge < -0.3 is 4.74 Å². The third kappa shape index (κ3) is 4.35. The number of rotatable bonds is 5. The summed E-state index contributed by atoms with van der Waals surface area (Å²) in [5, 5.41) is 9.73. The van der Waals surface area contributed by atoms with Gasteiger partial charge >= 0.3 is 5.97 Å². The van der Waals surface area contributed by atoms with Crippen molar-refractivity contribution in [1.29, 1.82) is 5.26 Å². The number of hydrogen-bond acceptors (Lipinski definition) is 5. The highest BCUT2D eigenvalue weighted by atomic mass is 32.1. The van der Waals surface area contributed by atoms with Crippen LogP contribution in [-0.2, 0) is 22.6 Å². The first-order valence-electron chi connectivity index (χ1n) is 8.23. The van der Waals surface area contributed by atoms with Crippen LogP contribution < -0.4 is 0 Å². The van der Waals surface area contributed by atoms with Crippen LogP contribution in [0.4, 0.5) is 0 Å². The molecule has 3 aromatic rings. The predicted molar refractivity (Wildman–Crippen MR) is 102 cm³/mol. The lowest BCUT2D eigenvalue weighted by atomic mass is 10.1. The normalized spacial score (nSPS) is 10.3. The smallest absolute Gasteiger partial charge is 0.311 e. The second-order valence-corrected chi connectivity index (χ2v) is 7.30. The van der Waals surface area contributed by atoms with Crippen molar-refractivity contribution >= 4 is 17.3 Å². The van der Waals surface area contributed by atoms with E-state index < -0.39 is 0 Å². The molecule has 2 aromatic carbocycles. The maximum absolute atomic E-state index is 12.3. The Morgan fingerprint density at radius 1 is 1.12 bits per heavy atom. The molecule has 26 heavy (non-hydrogen) atoms. The fourth-order valence-electron chi connectivity index (χ4n) is 2.55. The Kier molecular flexibility index (Phi) is 5.45. The Morgan fingerprint density at radius 2 is 1.81 bits per heavy atom. The number of aromatic nitrogens is 1. The maximum Gasteiger partial charge on any atom is 0.311 e. The number of esters is 1. The van der Waals surface area contributed by atoms with Gasteiger partial charge in [0.15, 0.2) is 0 Å². The molecule has 0 aliphatic rings. The van der Waals surface area contributed by atoms with Gasteiger partial charge in [-0.1, -0.05) is 42.0 Å². The fraction of sp³-hybridized carbons (Fsp3) is 0.190. The van der Waals surface area contributed by atoms with Crippen molar-refractivity contribution < 1.29 is 9.53 Å². The van der Waals surface area contributed by atoms with Gasteiger partial charge in [0.25, 0.3) is 0 Å². The fourth-order valence-corrected chi connectivity index (χ4v) is 3.49. The van der Waals surface area contributed by atoms with Crippen molar-refractivity contribution in [2.45, 2.75) is 26.9 Å². The summed E-state index contributed by atoms with van der Waals surface area (Å²) < 4.78 is 5.38. The molecule has 0 aliphatic heterocycles.